The van der Waals surface area contributed by atoms with Crippen LogP contribution in [0.2, 0.25) is 0 Å². The summed E-state index contributed by atoms with van der Waals surface area (Å²) in [5, 5.41) is 33.2. The van der Waals surface area contributed by atoms with Crippen LogP contribution in [0.1, 0.15) is 0 Å². The Hall–Kier alpha value is -3.46. The number of carbonyl (C=O) groups is 1. The molecule has 0 aliphatic carbocycles. The number of nitrogens with zero attached hydrogens (tertiary/aromatic N) is 1. The quantitative estimate of drug-likeness (QED) is 0.394. The average molecular weight is 295 g/mol. The number of nitriles is 1. The first-order valence-electron chi connectivity index (χ1n) is 6.35. The first-order chi connectivity index (χ1) is 10.6. The third-order valence-electron chi connectivity index (χ3n) is 2.75. The SMILES string of the molecule is N#C/C(=C/Nc1cccc(O)c1)C(=O)Nc1ccccc1O. The molecule has 110 valence electrons. The van der Waals surface area contributed by atoms with Gasteiger partial charge >= 0.3 is 0 Å². The minimum atomic E-state index is -0.656. The Morgan fingerprint density at radius 3 is 2.59 bits per heavy atom. The third-order valence-corrected chi connectivity index (χ3v) is 2.75. The number of hydrogen-bond acceptors (Lipinski definition) is 5. The van der Waals surface area contributed by atoms with E-state index in [1.54, 1.807) is 30.3 Å². The molecule has 2 aromatic rings. The Kier molecular flexibility index (Phi) is 4.63. The molecule has 0 aliphatic heterocycles. The highest BCUT2D eigenvalue weighted by molar-refractivity contribution is 6.07. The van der Waals surface area contributed by atoms with Gasteiger partial charge in [-0.15, -0.1) is 0 Å². The van der Waals surface area contributed by atoms with E-state index in [4.69, 9.17) is 5.26 Å². The lowest BCUT2D eigenvalue weighted by Crippen LogP contribution is -2.14. The number of phenols is 2. The molecule has 1 amide bonds. The fourth-order valence-corrected chi connectivity index (χ4v) is 1.67. The normalized spacial score (nSPS) is 10.6. The van der Waals surface area contributed by atoms with E-state index < -0.39 is 5.91 Å². The van der Waals surface area contributed by atoms with Crippen molar-refractivity contribution < 1.29 is 15.0 Å². The Balaban J connectivity index is 2.11. The van der Waals surface area contributed by atoms with Crippen LogP contribution in [0.25, 0.3) is 0 Å². The minimum Gasteiger partial charge on any atom is -0.508 e. The van der Waals surface area contributed by atoms with Crippen molar-refractivity contribution in [2.24, 2.45) is 0 Å². The summed E-state index contributed by atoms with van der Waals surface area (Å²) in [7, 11) is 0. The molecule has 0 bridgehead atoms. The van der Waals surface area contributed by atoms with E-state index >= 15 is 0 Å². The number of amides is 1. The summed E-state index contributed by atoms with van der Waals surface area (Å²) >= 11 is 0. The predicted molar refractivity (Wildman–Crippen MR) is 82.2 cm³/mol. The molecule has 0 unspecified atom stereocenters. The van der Waals surface area contributed by atoms with E-state index in [0.717, 1.165) is 0 Å². The number of phenolic OH excluding ortho intramolecular Hbond substituents is 2. The molecule has 0 heterocycles. The molecule has 22 heavy (non-hydrogen) atoms. The molecule has 6 nitrogen and oxygen atoms in total. The third kappa shape index (κ3) is 3.77. The van der Waals surface area contributed by atoms with Crippen molar-refractivity contribution in [2.75, 3.05) is 10.6 Å². The van der Waals surface area contributed by atoms with Crippen molar-refractivity contribution in [1.29, 1.82) is 5.26 Å². The number of benzene rings is 2. The maximum Gasteiger partial charge on any atom is 0.267 e. The lowest BCUT2D eigenvalue weighted by molar-refractivity contribution is -0.112. The van der Waals surface area contributed by atoms with E-state index in [1.807, 2.05) is 0 Å². The van der Waals surface area contributed by atoms with Crippen LogP contribution >= 0.6 is 0 Å². The fourth-order valence-electron chi connectivity index (χ4n) is 1.67. The maximum atomic E-state index is 12.0. The van der Waals surface area contributed by atoms with Gasteiger partial charge in [-0.25, -0.2) is 0 Å². The number of anilines is 2. The highest BCUT2D eigenvalue weighted by atomic mass is 16.3. The molecule has 0 saturated carbocycles. The van der Waals surface area contributed by atoms with E-state index in [9.17, 15) is 15.0 Å². The van der Waals surface area contributed by atoms with E-state index in [1.165, 1.54) is 30.5 Å². The second-order valence-electron chi connectivity index (χ2n) is 4.34. The maximum absolute atomic E-state index is 12.0. The number of aromatic hydroxyl groups is 2. The summed E-state index contributed by atoms with van der Waals surface area (Å²) in [4.78, 5) is 12.0. The standard InChI is InChI=1S/C16H13N3O3/c17-9-11(10-18-12-4-3-5-13(20)8-12)16(22)19-14-6-1-2-7-15(14)21/h1-8,10,18,20-21H,(H,19,22)/b11-10-. The van der Waals surface area contributed by atoms with Gasteiger partial charge in [-0.05, 0) is 24.3 Å². The molecule has 4 N–H and O–H groups in total. The molecule has 0 radical (unpaired) electrons. The molecule has 0 saturated heterocycles. The topological polar surface area (TPSA) is 105 Å². The molecular formula is C16H13N3O3. The van der Waals surface area contributed by atoms with E-state index in [0.29, 0.717) is 5.69 Å². The van der Waals surface area contributed by atoms with Gasteiger partial charge in [-0.2, -0.15) is 5.26 Å². The van der Waals surface area contributed by atoms with Crippen LogP contribution in [-0.4, -0.2) is 16.1 Å². The summed E-state index contributed by atoms with van der Waals surface area (Å²) in [5.41, 5.74) is 0.570. The summed E-state index contributed by atoms with van der Waals surface area (Å²) in [6.45, 7) is 0. The van der Waals surface area contributed by atoms with Crippen LogP contribution in [0, 0.1) is 11.3 Å². The summed E-state index contributed by atoms with van der Waals surface area (Å²) in [6.07, 6.45) is 1.23. The molecule has 2 rings (SSSR count). The van der Waals surface area contributed by atoms with Gasteiger partial charge in [-0.3, -0.25) is 4.79 Å². The lowest BCUT2D eigenvalue weighted by Gasteiger charge is -2.06. The summed E-state index contributed by atoms with van der Waals surface area (Å²) in [5.74, 6) is -0.679. The van der Waals surface area contributed by atoms with E-state index in [-0.39, 0.29) is 22.8 Å². The van der Waals surface area contributed by atoms with Gasteiger partial charge in [0, 0.05) is 18.0 Å². The second kappa shape index (κ2) is 6.81. The molecule has 2 aromatic carbocycles. The average Bonchev–Trinajstić information content (AvgIpc) is 2.50. The van der Waals surface area contributed by atoms with Crippen molar-refractivity contribution in [2.45, 2.75) is 0 Å². The molecule has 0 fully saturated rings. The van der Waals surface area contributed by atoms with Gasteiger partial charge < -0.3 is 20.8 Å². The van der Waals surface area contributed by atoms with Crippen molar-refractivity contribution in [3.63, 3.8) is 0 Å². The Morgan fingerprint density at radius 2 is 1.91 bits per heavy atom. The van der Waals surface area contributed by atoms with Crippen LogP contribution in [0.15, 0.2) is 60.3 Å². The monoisotopic (exact) mass is 295 g/mol. The van der Waals surface area contributed by atoms with Gasteiger partial charge in [0.25, 0.3) is 5.91 Å². The van der Waals surface area contributed by atoms with E-state index in [2.05, 4.69) is 10.6 Å². The molecule has 0 aliphatic rings. The molecule has 0 spiro atoms. The highest BCUT2D eigenvalue weighted by Gasteiger charge is 2.11. The number of nitrogens with one attached hydrogen (secondary N) is 2. The molecule has 6 heteroatoms. The first kappa shape index (κ1) is 14.9. The van der Waals surface area contributed by atoms with Crippen molar-refractivity contribution in [3.05, 3.63) is 60.3 Å². The van der Waals surface area contributed by atoms with Crippen molar-refractivity contribution in [1.82, 2.24) is 0 Å². The zero-order valence-corrected chi connectivity index (χ0v) is 11.4. The van der Waals surface area contributed by atoms with Crippen LogP contribution in [0.5, 0.6) is 11.5 Å². The van der Waals surface area contributed by atoms with Gasteiger partial charge in [0.15, 0.2) is 0 Å². The number of hydrogen-bond donors (Lipinski definition) is 4. The number of rotatable bonds is 4. The van der Waals surface area contributed by atoms with Crippen molar-refractivity contribution in [3.8, 4) is 17.6 Å². The van der Waals surface area contributed by atoms with Gasteiger partial charge in [0.05, 0.1) is 5.69 Å². The summed E-state index contributed by atoms with van der Waals surface area (Å²) in [6, 6.07) is 14.2. The smallest absolute Gasteiger partial charge is 0.267 e. The summed E-state index contributed by atoms with van der Waals surface area (Å²) < 4.78 is 0. The van der Waals surface area contributed by atoms with Crippen LogP contribution in [0.3, 0.4) is 0 Å². The van der Waals surface area contributed by atoms with Crippen molar-refractivity contribution >= 4 is 17.3 Å². The van der Waals surface area contributed by atoms with Crippen LogP contribution in [-0.2, 0) is 4.79 Å². The highest BCUT2D eigenvalue weighted by Crippen LogP contribution is 2.22. The zero-order valence-electron chi connectivity index (χ0n) is 11.4. The molecule has 0 atom stereocenters. The first-order valence-corrected chi connectivity index (χ1v) is 6.35. The van der Waals surface area contributed by atoms with Crippen LogP contribution < -0.4 is 10.6 Å². The zero-order chi connectivity index (χ0) is 15.9. The fraction of sp³-hybridized carbons (Fsp3) is 0. The predicted octanol–water partition coefficient (Wildman–Crippen LogP) is 2.56. The van der Waals surface area contributed by atoms with Gasteiger partial charge in [0.2, 0.25) is 0 Å². The number of carbonyl (C=O) groups excluding carboxylic acids is 1. The minimum absolute atomic E-state index is 0.0653. The number of para-hydroxylation sites is 2. The Labute approximate surface area is 127 Å². The molecule has 0 aromatic heterocycles. The second-order valence-corrected chi connectivity index (χ2v) is 4.34. The Bertz CT molecular complexity index is 763. The van der Waals surface area contributed by atoms with Crippen LogP contribution in [0.4, 0.5) is 11.4 Å². The van der Waals surface area contributed by atoms with Gasteiger partial charge in [0.1, 0.15) is 23.1 Å². The molecular weight excluding hydrogens is 282 g/mol. The van der Waals surface area contributed by atoms with Gasteiger partial charge in [-0.1, -0.05) is 18.2 Å². The largest absolute Gasteiger partial charge is 0.508 e. The lowest BCUT2D eigenvalue weighted by atomic mass is 10.2. The Morgan fingerprint density at radius 1 is 1.14 bits per heavy atom.